The molecule has 1 aliphatic rings. The van der Waals surface area contributed by atoms with Crippen molar-refractivity contribution in [2.24, 2.45) is 5.41 Å². The summed E-state index contributed by atoms with van der Waals surface area (Å²) < 4.78 is 10.9. The molecule has 1 saturated heterocycles. The van der Waals surface area contributed by atoms with Crippen LogP contribution in [-0.2, 0) is 4.74 Å². The molecule has 4 heteroatoms. The second-order valence-electron chi connectivity index (χ2n) is 5.39. The molecule has 1 atom stereocenters. The van der Waals surface area contributed by atoms with Crippen LogP contribution in [0.4, 0.5) is 5.69 Å². The third-order valence-electron chi connectivity index (χ3n) is 3.80. The molecule has 0 saturated carbocycles. The third-order valence-corrected chi connectivity index (χ3v) is 3.80. The Morgan fingerprint density at radius 1 is 1.47 bits per heavy atom. The van der Waals surface area contributed by atoms with Crippen LogP contribution in [0.25, 0.3) is 0 Å². The smallest absolute Gasteiger partial charge is 0.120 e. The normalized spacial score (nSPS) is 22.5. The van der Waals surface area contributed by atoms with Crippen molar-refractivity contribution < 1.29 is 9.47 Å². The Balaban J connectivity index is 2.08. The molecule has 1 fully saturated rings. The van der Waals surface area contributed by atoms with Crippen LogP contribution >= 0.6 is 0 Å². The van der Waals surface area contributed by atoms with Gasteiger partial charge in [0.1, 0.15) is 5.75 Å². The fourth-order valence-electron chi connectivity index (χ4n) is 2.79. The molecule has 19 heavy (non-hydrogen) atoms. The second kappa shape index (κ2) is 6.26. The van der Waals surface area contributed by atoms with Crippen molar-refractivity contribution in [3.63, 3.8) is 0 Å². The van der Waals surface area contributed by atoms with E-state index >= 15 is 0 Å². The highest BCUT2D eigenvalue weighted by molar-refractivity contribution is 5.50. The third kappa shape index (κ3) is 3.39. The number of anilines is 1. The summed E-state index contributed by atoms with van der Waals surface area (Å²) in [6, 6.07) is 8.19. The Hall–Kier alpha value is -1.26. The molecule has 106 valence electrons. The van der Waals surface area contributed by atoms with Crippen molar-refractivity contribution in [1.29, 1.82) is 0 Å². The molecular formula is C15H24N2O2. The van der Waals surface area contributed by atoms with Gasteiger partial charge in [-0.2, -0.15) is 0 Å². The summed E-state index contributed by atoms with van der Waals surface area (Å²) in [7, 11) is 5.84. The molecular weight excluding hydrogens is 240 g/mol. The number of hydrogen-bond acceptors (Lipinski definition) is 4. The first kappa shape index (κ1) is 14.2. The Morgan fingerprint density at radius 2 is 2.32 bits per heavy atom. The van der Waals surface area contributed by atoms with Crippen molar-refractivity contribution in [3.8, 4) is 5.75 Å². The highest BCUT2D eigenvalue weighted by Gasteiger charge is 2.35. The minimum atomic E-state index is 0.215. The van der Waals surface area contributed by atoms with Crippen LogP contribution in [0.2, 0.25) is 0 Å². The topological polar surface area (TPSA) is 33.7 Å². The number of hydrogen-bond donors (Lipinski definition) is 1. The molecule has 1 aromatic carbocycles. The van der Waals surface area contributed by atoms with E-state index in [0.29, 0.717) is 0 Å². The molecule has 0 bridgehead atoms. The SMILES string of the molecule is CNCC1(CN(C)c2cccc(OC)c2)CCOC1. The largest absolute Gasteiger partial charge is 0.497 e. The van der Waals surface area contributed by atoms with E-state index in [1.165, 1.54) is 5.69 Å². The minimum Gasteiger partial charge on any atom is -0.497 e. The molecule has 4 nitrogen and oxygen atoms in total. The molecule has 0 radical (unpaired) electrons. The quantitative estimate of drug-likeness (QED) is 0.849. The van der Waals surface area contributed by atoms with Gasteiger partial charge in [0.25, 0.3) is 0 Å². The van der Waals surface area contributed by atoms with Gasteiger partial charge in [-0.25, -0.2) is 0 Å². The Labute approximate surface area is 115 Å². The zero-order valence-electron chi connectivity index (χ0n) is 12.1. The molecule has 0 spiro atoms. The summed E-state index contributed by atoms with van der Waals surface area (Å²) in [5.41, 5.74) is 1.40. The molecule has 2 rings (SSSR count). The van der Waals surface area contributed by atoms with Crippen LogP contribution < -0.4 is 15.0 Å². The van der Waals surface area contributed by atoms with Gasteiger partial charge in [0.2, 0.25) is 0 Å². The first-order chi connectivity index (χ1) is 9.19. The van der Waals surface area contributed by atoms with E-state index in [1.807, 2.05) is 19.2 Å². The van der Waals surface area contributed by atoms with E-state index in [9.17, 15) is 0 Å². The summed E-state index contributed by atoms with van der Waals surface area (Å²) in [4.78, 5) is 2.29. The van der Waals surface area contributed by atoms with Crippen LogP contribution in [-0.4, -0.2) is 47.5 Å². The van der Waals surface area contributed by atoms with Gasteiger partial charge in [-0.3, -0.25) is 0 Å². The molecule has 1 aliphatic heterocycles. The molecule has 1 aromatic rings. The lowest BCUT2D eigenvalue weighted by Gasteiger charge is -2.33. The number of rotatable bonds is 6. The predicted molar refractivity (Wildman–Crippen MR) is 78.1 cm³/mol. The van der Waals surface area contributed by atoms with Gasteiger partial charge in [0, 0.05) is 43.9 Å². The Morgan fingerprint density at radius 3 is 2.95 bits per heavy atom. The summed E-state index contributed by atoms with van der Waals surface area (Å²) >= 11 is 0. The molecule has 0 aromatic heterocycles. The van der Waals surface area contributed by atoms with Crippen LogP contribution in [0, 0.1) is 5.41 Å². The zero-order valence-corrected chi connectivity index (χ0v) is 12.1. The van der Waals surface area contributed by atoms with Crippen LogP contribution in [0.1, 0.15) is 6.42 Å². The first-order valence-corrected chi connectivity index (χ1v) is 6.77. The summed E-state index contributed by atoms with van der Waals surface area (Å²) in [5.74, 6) is 0.898. The molecule has 0 aliphatic carbocycles. The van der Waals surface area contributed by atoms with Crippen LogP contribution in [0.3, 0.4) is 0 Å². The molecule has 1 heterocycles. The van der Waals surface area contributed by atoms with E-state index in [4.69, 9.17) is 9.47 Å². The zero-order chi connectivity index (χ0) is 13.7. The Kier molecular flexibility index (Phi) is 4.66. The lowest BCUT2D eigenvalue weighted by atomic mass is 9.86. The number of nitrogens with one attached hydrogen (secondary N) is 1. The molecule has 1 N–H and O–H groups in total. The standard InChI is InChI=1S/C15H24N2O2/c1-16-10-15(7-8-19-12-15)11-17(2)13-5-4-6-14(9-13)18-3/h4-6,9,16H,7-8,10-12H2,1-3H3. The summed E-state index contributed by atoms with van der Waals surface area (Å²) in [6.07, 6.45) is 1.11. The highest BCUT2D eigenvalue weighted by Crippen LogP contribution is 2.31. The maximum atomic E-state index is 5.60. The number of ether oxygens (including phenoxy) is 2. The van der Waals surface area contributed by atoms with Gasteiger partial charge in [0.05, 0.1) is 13.7 Å². The van der Waals surface area contributed by atoms with Crippen molar-refractivity contribution in [2.45, 2.75) is 6.42 Å². The van der Waals surface area contributed by atoms with Crippen LogP contribution in [0.15, 0.2) is 24.3 Å². The lowest BCUT2D eigenvalue weighted by Crippen LogP contribution is -2.42. The molecule has 0 amide bonds. The summed E-state index contributed by atoms with van der Waals surface area (Å²) in [5, 5.41) is 3.30. The number of nitrogens with zero attached hydrogens (tertiary/aromatic N) is 1. The van der Waals surface area contributed by atoms with Crippen LogP contribution in [0.5, 0.6) is 5.75 Å². The average molecular weight is 264 g/mol. The highest BCUT2D eigenvalue weighted by atomic mass is 16.5. The maximum absolute atomic E-state index is 5.60. The second-order valence-corrected chi connectivity index (χ2v) is 5.39. The number of methoxy groups -OCH3 is 1. The maximum Gasteiger partial charge on any atom is 0.120 e. The van der Waals surface area contributed by atoms with Gasteiger partial charge >= 0.3 is 0 Å². The van der Waals surface area contributed by atoms with E-state index in [-0.39, 0.29) is 5.41 Å². The van der Waals surface area contributed by atoms with E-state index in [2.05, 4.69) is 29.4 Å². The molecule has 1 unspecified atom stereocenters. The van der Waals surface area contributed by atoms with Gasteiger partial charge in [0.15, 0.2) is 0 Å². The van der Waals surface area contributed by atoms with Crippen molar-refractivity contribution in [3.05, 3.63) is 24.3 Å². The minimum absolute atomic E-state index is 0.215. The monoisotopic (exact) mass is 264 g/mol. The fourth-order valence-corrected chi connectivity index (χ4v) is 2.79. The average Bonchev–Trinajstić information content (AvgIpc) is 2.87. The Bertz CT molecular complexity index is 403. The first-order valence-electron chi connectivity index (χ1n) is 6.77. The lowest BCUT2D eigenvalue weighted by molar-refractivity contribution is 0.154. The predicted octanol–water partition coefficient (Wildman–Crippen LogP) is 1.76. The van der Waals surface area contributed by atoms with Crippen molar-refractivity contribution >= 4 is 5.69 Å². The van der Waals surface area contributed by atoms with Gasteiger partial charge < -0.3 is 19.7 Å². The number of benzene rings is 1. The van der Waals surface area contributed by atoms with Crippen molar-refractivity contribution in [2.75, 3.05) is 52.4 Å². The van der Waals surface area contributed by atoms with E-state index in [1.54, 1.807) is 7.11 Å². The summed E-state index contributed by atoms with van der Waals surface area (Å²) in [6.45, 7) is 3.68. The van der Waals surface area contributed by atoms with Gasteiger partial charge in [-0.15, -0.1) is 0 Å². The fraction of sp³-hybridized carbons (Fsp3) is 0.600. The van der Waals surface area contributed by atoms with E-state index in [0.717, 1.165) is 38.5 Å². The van der Waals surface area contributed by atoms with Gasteiger partial charge in [-0.05, 0) is 25.6 Å². The van der Waals surface area contributed by atoms with Crippen molar-refractivity contribution in [1.82, 2.24) is 5.32 Å². The van der Waals surface area contributed by atoms with Gasteiger partial charge in [-0.1, -0.05) is 6.07 Å². The van der Waals surface area contributed by atoms with E-state index < -0.39 is 0 Å².